The lowest BCUT2D eigenvalue weighted by molar-refractivity contribution is -0.386. The van der Waals surface area contributed by atoms with Gasteiger partial charge < -0.3 is 19.7 Å². The Kier molecular flexibility index (Phi) is 9.24. The van der Waals surface area contributed by atoms with E-state index >= 15 is 0 Å². The number of hydrogen-bond acceptors (Lipinski definition) is 8. The number of rotatable bonds is 7. The van der Waals surface area contributed by atoms with Crippen molar-refractivity contribution in [3.05, 3.63) is 122 Å². The highest BCUT2D eigenvalue weighted by atomic mass is 19.1. The standard InChI is InChI=1S/C14H9F2NO5.C14H10F2O3/c1-22-11-6-7(5-10(14(11)19)17(20)21)13(18)12-8(15)3-2-4-9(12)16;1-19-12-7-8(5-6-11(12)17)14(18)13-9(15)3-2-4-10(13)16/h2-6,19H,1H3;2-7,17H,1H3. The fraction of sp³-hybridized carbons (Fsp3) is 0.0714. The van der Waals surface area contributed by atoms with Crippen LogP contribution in [-0.2, 0) is 0 Å². The van der Waals surface area contributed by atoms with Gasteiger partial charge in [-0.3, -0.25) is 19.7 Å². The third-order valence-electron chi connectivity index (χ3n) is 5.56. The molecule has 13 heteroatoms. The quantitative estimate of drug-likeness (QED) is 0.124. The highest BCUT2D eigenvalue weighted by molar-refractivity contribution is 6.10. The highest BCUT2D eigenvalue weighted by Crippen LogP contribution is 2.37. The first-order valence-corrected chi connectivity index (χ1v) is 11.3. The number of phenolic OH excluding ortho intramolecular Hbond substituents is 2. The molecule has 0 saturated carbocycles. The van der Waals surface area contributed by atoms with Crippen LogP contribution >= 0.6 is 0 Å². The monoisotopic (exact) mass is 573 g/mol. The molecule has 0 aliphatic carbocycles. The lowest BCUT2D eigenvalue weighted by Gasteiger charge is -2.08. The van der Waals surface area contributed by atoms with E-state index in [1.807, 2.05) is 0 Å². The van der Waals surface area contributed by atoms with Gasteiger partial charge >= 0.3 is 5.69 Å². The van der Waals surface area contributed by atoms with Crippen LogP contribution in [0.15, 0.2) is 66.7 Å². The molecule has 212 valence electrons. The Morgan fingerprint density at radius 2 is 1.15 bits per heavy atom. The topological polar surface area (TPSA) is 136 Å². The van der Waals surface area contributed by atoms with Gasteiger partial charge in [0.15, 0.2) is 28.8 Å². The van der Waals surface area contributed by atoms with E-state index in [4.69, 9.17) is 9.47 Å². The molecule has 4 aromatic carbocycles. The number of ether oxygens (including phenoxy) is 2. The summed E-state index contributed by atoms with van der Waals surface area (Å²) in [4.78, 5) is 34.2. The summed E-state index contributed by atoms with van der Waals surface area (Å²) in [7, 11) is 2.43. The Morgan fingerprint density at radius 1 is 0.707 bits per heavy atom. The van der Waals surface area contributed by atoms with E-state index in [0.717, 1.165) is 49.6 Å². The molecule has 0 aliphatic heterocycles. The third-order valence-corrected chi connectivity index (χ3v) is 5.56. The summed E-state index contributed by atoms with van der Waals surface area (Å²) in [6.45, 7) is 0. The van der Waals surface area contributed by atoms with Crippen molar-refractivity contribution in [1.82, 2.24) is 0 Å². The van der Waals surface area contributed by atoms with Crippen molar-refractivity contribution < 1.29 is 51.8 Å². The summed E-state index contributed by atoms with van der Waals surface area (Å²) in [5, 5.41) is 29.9. The van der Waals surface area contributed by atoms with Crippen molar-refractivity contribution in [3.63, 3.8) is 0 Å². The number of nitro groups is 1. The van der Waals surface area contributed by atoms with Crippen molar-refractivity contribution in [2.24, 2.45) is 0 Å². The van der Waals surface area contributed by atoms with E-state index in [2.05, 4.69) is 0 Å². The SMILES string of the molecule is COc1cc(C(=O)c2c(F)cccc2F)cc([N+](=O)[O-])c1O.COc1cc(C(=O)c2c(F)cccc2F)ccc1O. The summed E-state index contributed by atoms with van der Waals surface area (Å²) in [6.07, 6.45) is 0. The maximum absolute atomic E-state index is 13.6. The van der Waals surface area contributed by atoms with Crippen LogP contribution < -0.4 is 9.47 Å². The van der Waals surface area contributed by atoms with E-state index < -0.39 is 62.3 Å². The molecule has 4 aromatic rings. The number of ketones is 2. The lowest BCUT2D eigenvalue weighted by atomic mass is 10.0. The minimum Gasteiger partial charge on any atom is -0.504 e. The Labute approximate surface area is 229 Å². The largest absolute Gasteiger partial charge is 0.504 e. The number of carbonyl (C=O) groups is 2. The zero-order chi connectivity index (χ0) is 30.4. The maximum atomic E-state index is 13.6. The van der Waals surface area contributed by atoms with Gasteiger partial charge in [-0.15, -0.1) is 0 Å². The van der Waals surface area contributed by atoms with Crippen LogP contribution in [-0.4, -0.2) is 40.9 Å². The summed E-state index contributed by atoms with van der Waals surface area (Å²) >= 11 is 0. The Hall–Kier alpha value is -5.46. The predicted molar refractivity (Wildman–Crippen MR) is 136 cm³/mol. The predicted octanol–water partition coefficient (Wildman–Crippen LogP) is 5.73. The number of halogens is 4. The molecule has 0 atom stereocenters. The van der Waals surface area contributed by atoms with Crippen LogP contribution in [0, 0.1) is 33.4 Å². The first-order chi connectivity index (χ1) is 19.4. The average molecular weight is 573 g/mol. The fourth-order valence-corrected chi connectivity index (χ4v) is 3.56. The molecule has 0 bridgehead atoms. The van der Waals surface area contributed by atoms with E-state index in [0.29, 0.717) is 0 Å². The van der Waals surface area contributed by atoms with Crippen molar-refractivity contribution in [1.29, 1.82) is 0 Å². The van der Waals surface area contributed by atoms with Gasteiger partial charge in [-0.2, -0.15) is 0 Å². The molecule has 0 radical (unpaired) electrons. The molecule has 0 aliphatic rings. The molecule has 0 amide bonds. The second-order valence-electron chi connectivity index (χ2n) is 8.04. The minimum atomic E-state index is -1.10. The van der Waals surface area contributed by atoms with Crippen LogP contribution in [0.2, 0.25) is 0 Å². The van der Waals surface area contributed by atoms with Gasteiger partial charge in [-0.25, -0.2) is 17.6 Å². The highest BCUT2D eigenvalue weighted by Gasteiger charge is 2.26. The second kappa shape index (κ2) is 12.6. The van der Waals surface area contributed by atoms with E-state index in [-0.39, 0.29) is 28.4 Å². The number of nitro benzene ring substituents is 1. The molecule has 0 fully saturated rings. The molecule has 0 unspecified atom stereocenters. The number of phenols is 2. The van der Waals surface area contributed by atoms with Crippen LogP contribution in [0.3, 0.4) is 0 Å². The van der Waals surface area contributed by atoms with Gasteiger partial charge in [-0.1, -0.05) is 12.1 Å². The van der Waals surface area contributed by atoms with Gasteiger partial charge in [0.2, 0.25) is 5.75 Å². The summed E-state index contributed by atoms with van der Waals surface area (Å²) < 4.78 is 63.8. The number of aromatic hydroxyl groups is 2. The van der Waals surface area contributed by atoms with Gasteiger partial charge in [0.1, 0.15) is 23.3 Å². The molecular weight excluding hydrogens is 554 g/mol. The zero-order valence-corrected chi connectivity index (χ0v) is 21.2. The molecule has 9 nitrogen and oxygen atoms in total. The Morgan fingerprint density at radius 3 is 1.59 bits per heavy atom. The molecule has 2 N–H and O–H groups in total. The van der Waals surface area contributed by atoms with Gasteiger partial charge in [0, 0.05) is 17.2 Å². The number of benzene rings is 4. The van der Waals surface area contributed by atoms with Crippen LogP contribution in [0.1, 0.15) is 31.8 Å². The van der Waals surface area contributed by atoms with Crippen LogP contribution in [0.4, 0.5) is 23.2 Å². The minimum absolute atomic E-state index is 0.0265. The molecule has 0 spiro atoms. The normalized spacial score (nSPS) is 10.3. The lowest BCUT2D eigenvalue weighted by Crippen LogP contribution is -2.08. The maximum Gasteiger partial charge on any atom is 0.315 e. The van der Waals surface area contributed by atoms with Crippen LogP contribution in [0.5, 0.6) is 23.0 Å². The molecule has 0 heterocycles. The van der Waals surface area contributed by atoms with E-state index in [9.17, 15) is 47.5 Å². The average Bonchev–Trinajstić information content (AvgIpc) is 2.93. The third kappa shape index (κ3) is 6.41. The van der Waals surface area contributed by atoms with Crippen LogP contribution in [0.25, 0.3) is 0 Å². The molecular formula is C28H19F4NO8. The molecule has 0 saturated heterocycles. The Bertz CT molecular complexity index is 1620. The van der Waals surface area contributed by atoms with E-state index in [1.54, 1.807) is 0 Å². The molecule has 41 heavy (non-hydrogen) atoms. The number of methoxy groups -OCH3 is 2. The number of nitrogens with zero attached hydrogens (tertiary/aromatic N) is 1. The summed E-state index contributed by atoms with van der Waals surface area (Å²) in [5.41, 5.74) is -2.64. The second-order valence-corrected chi connectivity index (χ2v) is 8.04. The van der Waals surface area contributed by atoms with Gasteiger partial charge in [-0.05, 0) is 48.5 Å². The Balaban J connectivity index is 0.000000228. The summed E-state index contributed by atoms with van der Waals surface area (Å²) in [5.74, 6) is -7.21. The smallest absolute Gasteiger partial charge is 0.315 e. The molecule has 0 aromatic heterocycles. The van der Waals surface area contributed by atoms with Gasteiger partial charge in [0.25, 0.3) is 0 Å². The van der Waals surface area contributed by atoms with Gasteiger partial charge in [0.05, 0.1) is 30.3 Å². The summed E-state index contributed by atoms with van der Waals surface area (Å²) in [6, 6.07) is 11.5. The van der Waals surface area contributed by atoms with E-state index in [1.165, 1.54) is 31.4 Å². The van der Waals surface area contributed by atoms with Crippen molar-refractivity contribution in [2.75, 3.05) is 14.2 Å². The number of carbonyl (C=O) groups excluding carboxylic acids is 2. The van der Waals surface area contributed by atoms with Crippen molar-refractivity contribution >= 4 is 17.3 Å². The first-order valence-electron chi connectivity index (χ1n) is 11.3. The van der Waals surface area contributed by atoms with Crippen molar-refractivity contribution in [3.8, 4) is 23.0 Å². The molecule has 4 rings (SSSR count). The van der Waals surface area contributed by atoms with Crippen molar-refractivity contribution in [2.45, 2.75) is 0 Å². The first kappa shape index (κ1) is 30.1. The number of hydrogen-bond donors (Lipinski definition) is 2. The zero-order valence-electron chi connectivity index (χ0n) is 21.2. The fourth-order valence-electron chi connectivity index (χ4n) is 3.56.